The van der Waals surface area contributed by atoms with Gasteiger partial charge in [-0.1, -0.05) is 28.9 Å². The highest BCUT2D eigenvalue weighted by Crippen LogP contribution is 2.29. The van der Waals surface area contributed by atoms with Crippen LogP contribution in [-0.4, -0.2) is 34.2 Å². The minimum Gasteiger partial charge on any atom is -0.339 e. The second-order valence-electron chi connectivity index (χ2n) is 7.14. The average molecular weight is 398 g/mol. The fraction of sp³-hybridized carbons (Fsp3) is 0.286. The standard InChI is InChI=1S/C21H20F2N4O2/c1-13-3-2-4-15(11-13)19-25-20(29-26-19)14-7-9-27(10-8-14)21(28)24-18-6-5-16(22)12-17(18)23/h2-6,11-12,14H,7-10H2,1H3,(H,24,28). The van der Waals surface area contributed by atoms with Crippen LogP contribution in [0.5, 0.6) is 0 Å². The predicted molar refractivity (Wildman–Crippen MR) is 103 cm³/mol. The summed E-state index contributed by atoms with van der Waals surface area (Å²) in [5, 5.41) is 6.56. The molecule has 0 aliphatic carbocycles. The number of anilines is 1. The van der Waals surface area contributed by atoms with Gasteiger partial charge in [0.15, 0.2) is 0 Å². The number of aromatic nitrogens is 2. The van der Waals surface area contributed by atoms with Crippen LogP contribution in [0.25, 0.3) is 11.4 Å². The summed E-state index contributed by atoms with van der Waals surface area (Å²) in [6.07, 6.45) is 1.32. The Morgan fingerprint density at radius 2 is 1.97 bits per heavy atom. The molecule has 29 heavy (non-hydrogen) atoms. The third-order valence-corrected chi connectivity index (χ3v) is 5.02. The molecule has 1 saturated heterocycles. The van der Waals surface area contributed by atoms with Crippen LogP contribution in [0.1, 0.15) is 30.2 Å². The van der Waals surface area contributed by atoms with E-state index in [0.29, 0.717) is 37.6 Å². The molecule has 150 valence electrons. The van der Waals surface area contributed by atoms with Crippen molar-refractivity contribution in [2.75, 3.05) is 18.4 Å². The van der Waals surface area contributed by atoms with Gasteiger partial charge in [-0.2, -0.15) is 4.98 Å². The monoisotopic (exact) mass is 398 g/mol. The molecule has 4 rings (SSSR count). The second-order valence-corrected chi connectivity index (χ2v) is 7.14. The van der Waals surface area contributed by atoms with Crippen molar-refractivity contribution in [1.29, 1.82) is 0 Å². The zero-order valence-electron chi connectivity index (χ0n) is 15.9. The molecule has 1 aliphatic heterocycles. The van der Waals surface area contributed by atoms with Crippen LogP contribution in [0.4, 0.5) is 19.3 Å². The summed E-state index contributed by atoms with van der Waals surface area (Å²) in [6, 6.07) is 10.5. The lowest BCUT2D eigenvalue weighted by atomic mass is 9.97. The van der Waals surface area contributed by atoms with Crippen LogP contribution >= 0.6 is 0 Å². The topological polar surface area (TPSA) is 71.3 Å². The smallest absolute Gasteiger partial charge is 0.321 e. The summed E-state index contributed by atoms with van der Waals surface area (Å²) in [4.78, 5) is 18.5. The van der Waals surface area contributed by atoms with Crippen molar-refractivity contribution in [2.45, 2.75) is 25.7 Å². The number of hydrogen-bond acceptors (Lipinski definition) is 4. The van der Waals surface area contributed by atoms with Crippen molar-refractivity contribution in [3.05, 3.63) is 65.6 Å². The number of carbonyl (C=O) groups excluding carboxylic acids is 1. The maximum atomic E-state index is 13.7. The number of likely N-dealkylation sites (tertiary alicyclic amines) is 1. The molecule has 6 nitrogen and oxygen atoms in total. The molecule has 2 heterocycles. The molecule has 0 radical (unpaired) electrons. The lowest BCUT2D eigenvalue weighted by molar-refractivity contribution is 0.187. The van der Waals surface area contributed by atoms with Gasteiger partial charge in [0, 0.05) is 30.6 Å². The van der Waals surface area contributed by atoms with Gasteiger partial charge in [0.25, 0.3) is 0 Å². The van der Waals surface area contributed by atoms with Crippen LogP contribution in [0.3, 0.4) is 0 Å². The number of piperidine rings is 1. The number of rotatable bonds is 3. The van der Waals surface area contributed by atoms with E-state index in [1.54, 1.807) is 4.90 Å². The van der Waals surface area contributed by atoms with E-state index in [2.05, 4.69) is 15.5 Å². The summed E-state index contributed by atoms with van der Waals surface area (Å²) in [6.45, 7) is 2.95. The van der Waals surface area contributed by atoms with E-state index in [-0.39, 0.29) is 11.6 Å². The van der Waals surface area contributed by atoms with Crippen molar-refractivity contribution in [3.8, 4) is 11.4 Å². The molecule has 0 bridgehead atoms. The number of halogens is 2. The summed E-state index contributed by atoms with van der Waals surface area (Å²) in [7, 11) is 0. The normalized spacial score (nSPS) is 14.8. The number of nitrogens with zero attached hydrogens (tertiary/aromatic N) is 3. The van der Waals surface area contributed by atoms with E-state index in [1.165, 1.54) is 6.07 Å². The highest BCUT2D eigenvalue weighted by Gasteiger charge is 2.28. The first-order valence-electron chi connectivity index (χ1n) is 9.41. The van der Waals surface area contributed by atoms with Gasteiger partial charge >= 0.3 is 6.03 Å². The Morgan fingerprint density at radius 1 is 1.17 bits per heavy atom. The van der Waals surface area contributed by atoms with Crippen molar-refractivity contribution >= 4 is 11.7 Å². The SMILES string of the molecule is Cc1cccc(-c2noc(C3CCN(C(=O)Nc4ccc(F)cc4F)CC3)n2)c1. The summed E-state index contributed by atoms with van der Waals surface area (Å²) >= 11 is 0. The minimum absolute atomic E-state index is 0.0433. The Morgan fingerprint density at radius 3 is 2.69 bits per heavy atom. The number of benzene rings is 2. The molecule has 3 aromatic rings. The van der Waals surface area contributed by atoms with E-state index in [4.69, 9.17) is 4.52 Å². The molecule has 8 heteroatoms. The molecule has 2 amide bonds. The molecule has 0 unspecified atom stereocenters. The highest BCUT2D eigenvalue weighted by atomic mass is 19.1. The quantitative estimate of drug-likeness (QED) is 0.692. The van der Waals surface area contributed by atoms with Crippen molar-refractivity contribution in [2.24, 2.45) is 0 Å². The predicted octanol–water partition coefficient (Wildman–Crippen LogP) is 4.73. The van der Waals surface area contributed by atoms with Gasteiger partial charge in [0.2, 0.25) is 11.7 Å². The lowest BCUT2D eigenvalue weighted by Crippen LogP contribution is -2.40. The Balaban J connectivity index is 1.36. The molecule has 1 aromatic heterocycles. The fourth-order valence-electron chi connectivity index (χ4n) is 3.42. The average Bonchev–Trinajstić information content (AvgIpc) is 3.20. The molecule has 2 aromatic carbocycles. The Labute approximate surface area is 166 Å². The van der Waals surface area contributed by atoms with E-state index in [9.17, 15) is 13.6 Å². The molecule has 0 spiro atoms. The van der Waals surface area contributed by atoms with Gasteiger partial charge in [-0.3, -0.25) is 0 Å². The lowest BCUT2D eigenvalue weighted by Gasteiger charge is -2.30. The van der Waals surface area contributed by atoms with Crippen LogP contribution < -0.4 is 5.32 Å². The van der Waals surface area contributed by atoms with Crippen molar-refractivity contribution in [1.82, 2.24) is 15.0 Å². The first-order chi connectivity index (χ1) is 14.0. The summed E-state index contributed by atoms with van der Waals surface area (Å²) in [5.41, 5.74) is 1.97. The molecular weight excluding hydrogens is 378 g/mol. The number of aryl methyl sites for hydroxylation is 1. The molecule has 1 fully saturated rings. The fourth-order valence-corrected chi connectivity index (χ4v) is 3.42. The number of carbonyl (C=O) groups is 1. The summed E-state index contributed by atoms with van der Waals surface area (Å²) < 4.78 is 32.2. The molecule has 1 N–H and O–H groups in total. The first-order valence-corrected chi connectivity index (χ1v) is 9.41. The van der Waals surface area contributed by atoms with Crippen molar-refractivity contribution in [3.63, 3.8) is 0 Å². The maximum absolute atomic E-state index is 13.7. The van der Waals surface area contributed by atoms with Gasteiger partial charge < -0.3 is 14.7 Å². The Bertz CT molecular complexity index is 1030. The minimum atomic E-state index is -0.803. The van der Waals surface area contributed by atoms with Gasteiger partial charge in [-0.05, 0) is 38.0 Å². The number of amides is 2. The van der Waals surface area contributed by atoms with Crippen LogP contribution in [0.15, 0.2) is 47.0 Å². The van der Waals surface area contributed by atoms with Crippen LogP contribution in [0, 0.1) is 18.6 Å². The largest absolute Gasteiger partial charge is 0.339 e. The zero-order valence-corrected chi connectivity index (χ0v) is 15.9. The van der Waals surface area contributed by atoms with E-state index < -0.39 is 17.7 Å². The first kappa shape index (κ1) is 19.0. The van der Waals surface area contributed by atoms with E-state index >= 15 is 0 Å². The number of hydrogen-bond donors (Lipinski definition) is 1. The van der Waals surface area contributed by atoms with Crippen LogP contribution in [0.2, 0.25) is 0 Å². The maximum Gasteiger partial charge on any atom is 0.321 e. The number of urea groups is 1. The van der Waals surface area contributed by atoms with Gasteiger partial charge in [-0.25, -0.2) is 13.6 Å². The van der Waals surface area contributed by atoms with E-state index in [1.807, 2.05) is 31.2 Å². The van der Waals surface area contributed by atoms with E-state index in [0.717, 1.165) is 23.3 Å². The Hall–Kier alpha value is -3.29. The highest BCUT2D eigenvalue weighted by molar-refractivity contribution is 5.89. The molecule has 1 aliphatic rings. The second kappa shape index (κ2) is 7.98. The van der Waals surface area contributed by atoms with Crippen LogP contribution in [-0.2, 0) is 0 Å². The summed E-state index contributed by atoms with van der Waals surface area (Å²) in [5.74, 6) is -0.317. The third kappa shape index (κ3) is 4.26. The third-order valence-electron chi connectivity index (χ3n) is 5.02. The molecule has 0 saturated carbocycles. The Kier molecular flexibility index (Phi) is 5.24. The van der Waals surface area contributed by atoms with Gasteiger partial charge in [-0.15, -0.1) is 0 Å². The molecular formula is C21H20F2N4O2. The van der Waals surface area contributed by atoms with Gasteiger partial charge in [0.1, 0.15) is 11.6 Å². The van der Waals surface area contributed by atoms with Crippen molar-refractivity contribution < 1.29 is 18.1 Å². The van der Waals surface area contributed by atoms with Gasteiger partial charge in [0.05, 0.1) is 5.69 Å². The molecule has 0 atom stereocenters. The number of nitrogens with one attached hydrogen (secondary N) is 1. The zero-order chi connectivity index (χ0) is 20.4.